The number of hydrogen-bond donors (Lipinski definition) is 2. The highest BCUT2D eigenvalue weighted by atomic mass is 35.5. The van der Waals surface area contributed by atoms with Crippen LogP contribution in [0.2, 0.25) is 5.02 Å². The molecule has 4 nitrogen and oxygen atoms in total. The van der Waals surface area contributed by atoms with E-state index in [1.807, 2.05) is 36.4 Å². The Bertz CT molecular complexity index is 754. The zero-order valence-corrected chi connectivity index (χ0v) is 16.6. The predicted molar refractivity (Wildman–Crippen MR) is 107 cm³/mol. The molecule has 140 valence electrons. The predicted octanol–water partition coefficient (Wildman–Crippen LogP) is 4.82. The van der Waals surface area contributed by atoms with Gasteiger partial charge in [-0.05, 0) is 48.1 Å². The van der Waals surface area contributed by atoms with E-state index in [1.54, 1.807) is 0 Å². The van der Waals surface area contributed by atoms with Crippen LogP contribution in [0.4, 0.5) is 4.79 Å². The lowest BCUT2D eigenvalue weighted by atomic mass is 9.85. The number of ether oxygens (including phenoxy) is 1. The van der Waals surface area contributed by atoms with Gasteiger partial charge in [0.2, 0.25) is 0 Å². The molecule has 0 saturated carbocycles. The first-order chi connectivity index (χ1) is 12.3. The van der Waals surface area contributed by atoms with Crippen LogP contribution in [0.15, 0.2) is 42.5 Å². The van der Waals surface area contributed by atoms with E-state index < -0.39 is 0 Å². The molecular formula is C21H27ClN2O2. The van der Waals surface area contributed by atoms with Gasteiger partial charge >= 0.3 is 6.03 Å². The van der Waals surface area contributed by atoms with E-state index >= 15 is 0 Å². The van der Waals surface area contributed by atoms with Gasteiger partial charge in [0, 0.05) is 11.6 Å². The van der Waals surface area contributed by atoms with Crippen LogP contribution in [0.1, 0.15) is 37.5 Å². The number of rotatable bonds is 6. The molecule has 0 aromatic heterocycles. The molecule has 0 saturated heterocycles. The molecule has 0 spiro atoms. The monoisotopic (exact) mass is 374 g/mol. The number of halogens is 1. The molecule has 0 aliphatic carbocycles. The molecular weight excluding hydrogens is 348 g/mol. The standard InChI is InChI=1S/C21H27ClN2O2/c1-15-8-9-19(18(12-15)21(2,3)4)26-14-24-20(25)23-11-10-16-6-5-7-17(22)13-16/h5-9,12-13H,10-11,14H2,1-4H3,(H2,23,24,25). The SMILES string of the molecule is Cc1ccc(OCNC(=O)NCCc2cccc(Cl)c2)c(C(C)(C)C)c1. The van der Waals surface area contributed by atoms with Crippen molar-refractivity contribution in [3.05, 3.63) is 64.2 Å². The van der Waals surface area contributed by atoms with Gasteiger partial charge < -0.3 is 15.4 Å². The zero-order chi connectivity index (χ0) is 19.2. The Kier molecular flexibility index (Phi) is 6.92. The summed E-state index contributed by atoms with van der Waals surface area (Å²) < 4.78 is 5.78. The van der Waals surface area contributed by atoms with Gasteiger partial charge in [0.15, 0.2) is 6.73 Å². The number of aryl methyl sites for hydroxylation is 1. The summed E-state index contributed by atoms with van der Waals surface area (Å²) in [4.78, 5) is 11.9. The average molecular weight is 375 g/mol. The van der Waals surface area contributed by atoms with Crippen LogP contribution in [0.5, 0.6) is 5.75 Å². The minimum Gasteiger partial charge on any atom is -0.473 e. The van der Waals surface area contributed by atoms with Crippen molar-refractivity contribution in [3.63, 3.8) is 0 Å². The number of carbonyl (C=O) groups excluding carboxylic acids is 1. The minimum absolute atomic E-state index is 0.0272. The van der Waals surface area contributed by atoms with Gasteiger partial charge in [0.1, 0.15) is 5.75 Å². The number of urea groups is 1. The van der Waals surface area contributed by atoms with Crippen molar-refractivity contribution in [2.45, 2.75) is 39.5 Å². The van der Waals surface area contributed by atoms with Crippen molar-refractivity contribution in [1.29, 1.82) is 0 Å². The first-order valence-corrected chi connectivity index (χ1v) is 9.13. The van der Waals surface area contributed by atoms with E-state index in [2.05, 4.69) is 44.4 Å². The normalized spacial score (nSPS) is 11.1. The van der Waals surface area contributed by atoms with Crippen molar-refractivity contribution in [2.75, 3.05) is 13.3 Å². The lowest BCUT2D eigenvalue weighted by molar-refractivity contribution is 0.223. The number of nitrogens with one attached hydrogen (secondary N) is 2. The molecule has 26 heavy (non-hydrogen) atoms. The summed E-state index contributed by atoms with van der Waals surface area (Å²) in [6.07, 6.45) is 0.723. The van der Waals surface area contributed by atoms with Gasteiger partial charge in [0.25, 0.3) is 0 Å². The Balaban J connectivity index is 1.78. The topological polar surface area (TPSA) is 50.4 Å². The number of hydrogen-bond acceptors (Lipinski definition) is 2. The van der Waals surface area contributed by atoms with Gasteiger partial charge in [-0.25, -0.2) is 4.79 Å². The second kappa shape index (κ2) is 8.95. The molecule has 0 fully saturated rings. The van der Waals surface area contributed by atoms with Crippen molar-refractivity contribution >= 4 is 17.6 Å². The molecule has 2 N–H and O–H groups in total. The summed E-state index contributed by atoms with van der Waals surface area (Å²) >= 11 is 5.95. The van der Waals surface area contributed by atoms with Crippen LogP contribution < -0.4 is 15.4 Å². The summed E-state index contributed by atoms with van der Waals surface area (Å²) in [6.45, 7) is 9.14. The molecule has 0 bridgehead atoms. The molecule has 0 aliphatic heterocycles. The van der Waals surface area contributed by atoms with E-state index in [0.29, 0.717) is 11.6 Å². The number of benzene rings is 2. The van der Waals surface area contributed by atoms with Gasteiger partial charge in [-0.15, -0.1) is 0 Å². The third kappa shape index (κ3) is 6.26. The average Bonchev–Trinajstić information content (AvgIpc) is 2.55. The third-order valence-corrected chi connectivity index (χ3v) is 4.23. The molecule has 2 aromatic carbocycles. The van der Waals surface area contributed by atoms with Gasteiger partial charge in [-0.3, -0.25) is 0 Å². The van der Waals surface area contributed by atoms with Crippen LogP contribution >= 0.6 is 11.6 Å². The van der Waals surface area contributed by atoms with E-state index in [0.717, 1.165) is 23.3 Å². The summed E-state index contributed by atoms with van der Waals surface area (Å²) in [6, 6.07) is 13.5. The van der Waals surface area contributed by atoms with Crippen LogP contribution in [-0.4, -0.2) is 19.3 Å². The Morgan fingerprint density at radius 2 is 1.88 bits per heavy atom. The number of amides is 2. The van der Waals surface area contributed by atoms with Crippen LogP contribution in [0.25, 0.3) is 0 Å². The van der Waals surface area contributed by atoms with Crippen LogP contribution in [0.3, 0.4) is 0 Å². The third-order valence-electron chi connectivity index (χ3n) is 3.99. The zero-order valence-electron chi connectivity index (χ0n) is 15.9. The van der Waals surface area contributed by atoms with E-state index in [1.165, 1.54) is 5.56 Å². The fourth-order valence-electron chi connectivity index (χ4n) is 2.61. The first kappa shape index (κ1) is 20.1. The van der Waals surface area contributed by atoms with Crippen molar-refractivity contribution < 1.29 is 9.53 Å². The van der Waals surface area contributed by atoms with E-state index in [4.69, 9.17) is 16.3 Å². The smallest absolute Gasteiger partial charge is 0.317 e. The summed E-state index contributed by atoms with van der Waals surface area (Å²) in [5.74, 6) is 0.794. The Morgan fingerprint density at radius 1 is 1.12 bits per heavy atom. The van der Waals surface area contributed by atoms with Crippen molar-refractivity contribution in [3.8, 4) is 5.75 Å². The quantitative estimate of drug-likeness (QED) is 0.712. The summed E-state index contributed by atoms with van der Waals surface area (Å²) in [7, 11) is 0. The van der Waals surface area contributed by atoms with Gasteiger partial charge in [0.05, 0.1) is 0 Å². The molecule has 5 heteroatoms. The maximum atomic E-state index is 11.9. The highest BCUT2D eigenvalue weighted by molar-refractivity contribution is 6.30. The maximum absolute atomic E-state index is 11.9. The highest BCUT2D eigenvalue weighted by Gasteiger charge is 2.19. The fourth-order valence-corrected chi connectivity index (χ4v) is 2.82. The molecule has 0 aliphatic rings. The lowest BCUT2D eigenvalue weighted by Crippen LogP contribution is -2.38. The largest absolute Gasteiger partial charge is 0.473 e. The molecule has 0 heterocycles. The van der Waals surface area contributed by atoms with Crippen molar-refractivity contribution in [2.24, 2.45) is 0 Å². The van der Waals surface area contributed by atoms with Gasteiger partial charge in [-0.2, -0.15) is 0 Å². The van der Waals surface area contributed by atoms with Gasteiger partial charge in [-0.1, -0.05) is 62.2 Å². The fraction of sp³-hybridized carbons (Fsp3) is 0.381. The molecule has 0 unspecified atom stereocenters. The molecule has 2 amide bonds. The highest BCUT2D eigenvalue weighted by Crippen LogP contribution is 2.31. The summed E-state index contributed by atoms with van der Waals surface area (Å²) in [5.41, 5.74) is 3.37. The Labute approximate surface area is 160 Å². The Hall–Kier alpha value is -2.20. The second-order valence-corrected chi connectivity index (χ2v) is 7.79. The molecule has 0 radical (unpaired) electrons. The molecule has 0 atom stereocenters. The summed E-state index contributed by atoms with van der Waals surface area (Å²) in [5, 5.41) is 6.24. The second-order valence-electron chi connectivity index (χ2n) is 7.35. The minimum atomic E-state index is -0.253. The lowest BCUT2D eigenvalue weighted by Gasteiger charge is -2.23. The first-order valence-electron chi connectivity index (χ1n) is 8.76. The van der Waals surface area contributed by atoms with Crippen LogP contribution in [-0.2, 0) is 11.8 Å². The van der Waals surface area contributed by atoms with Crippen LogP contribution in [0, 0.1) is 6.92 Å². The Morgan fingerprint density at radius 3 is 2.58 bits per heavy atom. The molecule has 2 rings (SSSR count). The maximum Gasteiger partial charge on any atom is 0.317 e. The van der Waals surface area contributed by atoms with E-state index in [9.17, 15) is 4.79 Å². The molecule has 2 aromatic rings. The van der Waals surface area contributed by atoms with Crippen molar-refractivity contribution in [1.82, 2.24) is 10.6 Å². The van der Waals surface area contributed by atoms with E-state index in [-0.39, 0.29) is 18.2 Å². The number of carbonyl (C=O) groups is 1.